The summed E-state index contributed by atoms with van der Waals surface area (Å²) in [5.74, 6) is 0.998. The number of carbonyl (C=O) groups excluding carboxylic acids is 2. The van der Waals surface area contributed by atoms with E-state index in [9.17, 15) is 14.7 Å². The number of amides is 2. The molecule has 6 rings (SSSR count). The van der Waals surface area contributed by atoms with Crippen LogP contribution in [0.3, 0.4) is 0 Å². The number of nitrogens with one attached hydrogen (secondary N) is 2. The van der Waals surface area contributed by atoms with Crippen molar-refractivity contribution in [3.8, 4) is 17.2 Å². The van der Waals surface area contributed by atoms with E-state index in [0.717, 1.165) is 35.5 Å². The van der Waals surface area contributed by atoms with Gasteiger partial charge in [-0.3, -0.25) is 9.59 Å². The first-order chi connectivity index (χ1) is 20.6. The lowest BCUT2D eigenvalue weighted by atomic mass is 9.76. The van der Waals surface area contributed by atoms with E-state index in [1.165, 1.54) is 0 Å². The second-order valence-corrected chi connectivity index (χ2v) is 11.1. The Morgan fingerprint density at radius 1 is 1.00 bits per heavy atom. The molecule has 4 atom stereocenters. The van der Waals surface area contributed by atoms with Gasteiger partial charge in [0, 0.05) is 36.6 Å². The number of anilines is 1. The molecular formula is C33H36N2O7. The van der Waals surface area contributed by atoms with Crippen molar-refractivity contribution >= 4 is 17.5 Å². The average molecular weight is 573 g/mol. The summed E-state index contributed by atoms with van der Waals surface area (Å²) in [6.45, 7) is 1.36. The highest BCUT2D eigenvalue weighted by molar-refractivity contribution is 5.95. The van der Waals surface area contributed by atoms with Crippen LogP contribution in [0.1, 0.15) is 42.7 Å². The summed E-state index contributed by atoms with van der Waals surface area (Å²) >= 11 is 0. The molecule has 2 fully saturated rings. The zero-order valence-corrected chi connectivity index (χ0v) is 23.4. The molecule has 3 aromatic carbocycles. The van der Waals surface area contributed by atoms with Crippen LogP contribution >= 0.6 is 0 Å². The maximum absolute atomic E-state index is 13.2. The standard InChI is InChI=1S/C33H36N2O7/c36-20-30-32-28(27-16-22(35-33(32)38)8-11-29(27)41-25-12-14-39-15-13-25)17-26(42-30)18-31(37)34-19-21-6-9-24(10-7-21)40-23-4-2-1-3-5-23/h1-11,16,25-26,28,30,32,36H,12-15,17-20H2,(H,34,37)(H,35,38)/t26-,28-,30-,32+/m0/s1. The summed E-state index contributed by atoms with van der Waals surface area (Å²) in [5, 5.41) is 16.1. The molecule has 3 aromatic rings. The van der Waals surface area contributed by atoms with E-state index in [0.29, 0.717) is 37.6 Å². The number of benzene rings is 3. The molecule has 3 aliphatic rings. The topological polar surface area (TPSA) is 115 Å². The van der Waals surface area contributed by atoms with Crippen molar-refractivity contribution in [2.75, 3.05) is 25.1 Å². The first-order valence-electron chi connectivity index (χ1n) is 14.6. The second-order valence-electron chi connectivity index (χ2n) is 11.1. The van der Waals surface area contributed by atoms with Crippen LogP contribution in [-0.4, -0.2) is 55.1 Å². The Morgan fingerprint density at radius 2 is 1.76 bits per heavy atom. The number of carbonyl (C=O) groups is 2. The molecule has 3 aliphatic heterocycles. The van der Waals surface area contributed by atoms with Crippen molar-refractivity contribution in [1.29, 1.82) is 0 Å². The monoisotopic (exact) mass is 572 g/mol. The fourth-order valence-electron chi connectivity index (χ4n) is 6.04. The molecule has 9 heteroatoms. The normalized spacial score (nSPS) is 23.7. The van der Waals surface area contributed by atoms with E-state index in [4.69, 9.17) is 18.9 Å². The summed E-state index contributed by atoms with van der Waals surface area (Å²) in [6, 6.07) is 22.8. The smallest absolute Gasteiger partial charge is 0.230 e. The number of hydrogen-bond acceptors (Lipinski definition) is 7. The van der Waals surface area contributed by atoms with Crippen molar-refractivity contribution in [1.82, 2.24) is 5.32 Å². The van der Waals surface area contributed by atoms with Crippen molar-refractivity contribution in [3.63, 3.8) is 0 Å². The SMILES string of the molecule is O=C(C[C@@H]1C[C@H]2c3cc(ccc3OC3CCOCC3)NC(=O)[C@H]2[C@H](CO)O1)NCc1ccc(Oc2ccccc2)cc1. The van der Waals surface area contributed by atoms with Crippen LogP contribution < -0.4 is 20.1 Å². The second kappa shape index (κ2) is 12.9. The Bertz CT molecular complexity index is 1370. The molecule has 2 bridgehead atoms. The van der Waals surface area contributed by atoms with Crippen LogP contribution in [0.5, 0.6) is 17.2 Å². The summed E-state index contributed by atoms with van der Waals surface area (Å²) in [6.07, 6.45) is 1.04. The van der Waals surface area contributed by atoms with E-state index >= 15 is 0 Å². The molecule has 0 aromatic heterocycles. The van der Waals surface area contributed by atoms with Gasteiger partial charge in [0.1, 0.15) is 23.4 Å². The minimum Gasteiger partial charge on any atom is -0.490 e. The van der Waals surface area contributed by atoms with Crippen LogP contribution in [0.2, 0.25) is 0 Å². The van der Waals surface area contributed by atoms with Crippen LogP contribution in [0.25, 0.3) is 0 Å². The van der Waals surface area contributed by atoms with Crippen LogP contribution in [0.4, 0.5) is 5.69 Å². The summed E-state index contributed by atoms with van der Waals surface area (Å²) < 4.78 is 23.9. The lowest BCUT2D eigenvalue weighted by Crippen LogP contribution is -2.48. The number of rotatable bonds is 9. The predicted molar refractivity (Wildman–Crippen MR) is 156 cm³/mol. The first kappa shape index (κ1) is 28.2. The summed E-state index contributed by atoms with van der Waals surface area (Å²) in [7, 11) is 0. The van der Waals surface area contributed by atoms with Gasteiger partial charge in [0.2, 0.25) is 11.8 Å². The van der Waals surface area contributed by atoms with Gasteiger partial charge in [-0.1, -0.05) is 30.3 Å². The minimum atomic E-state index is -0.733. The van der Waals surface area contributed by atoms with Gasteiger partial charge in [-0.15, -0.1) is 0 Å². The van der Waals surface area contributed by atoms with Crippen molar-refractivity contribution < 1.29 is 33.6 Å². The molecule has 0 saturated carbocycles. The molecule has 2 saturated heterocycles. The highest BCUT2D eigenvalue weighted by Crippen LogP contribution is 2.46. The molecular weight excluding hydrogens is 536 g/mol. The largest absolute Gasteiger partial charge is 0.490 e. The van der Waals surface area contributed by atoms with Gasteiger partial charge in [0.05, 0.1) is 44.4 Å². The van der Waals surface area contributed by atoms with E-state index in [1.54, 1.807) is 0 Å². The molecule has 2 amide bonds. The van der Waals surface area contributed by atoms with Gasteiger partial charge in [0.15, 0.2) is 0 Å². The van der Waals surface area contributed by atoms with Gasteiger partial charge in [0.25, 0.3) is 0 Å². The van der Waals surface area contributed by atoms with E-state index in [2.05, 4.69) is 10.6 Å². The molecule has 0 radical (unpaired) electrons. The summed E-state index contributed by atoms with van der Waals surface area (Å²) in [4.78, 5) is 26.2. The third-order valence-electron chi connectivity index (χ3n) is 8.14. The zero-order valence-electron chi connectivity index (χ0n) is 23.4. The van der Waals surface area contributed by atoms with E-state index in [-0.39, 0.29) is 36.9 Å². The average Bonchev–Trinajstić information content (AvgIpc) is 3.12. The molecule has 0 aliphatic carbocycles. The molecule has 9 nitrogen and oxygen atoms in total. The van der Waals surface area contributed by atoms with Crippen molar-refractivity contribution in [2.24, 2.45) is 5.92 Å². The third kappa shape index (κ3) is 6.59. The number of hydrogen-bond donors (Lipinski definition) is 3. The highest BCUT2D eigenvalue weighted by Gasteiger charge is 2.46. The van der Waals surface area contributed by atoms with Gasteiger partial charge in [-0.05, 0) is 54.4 Å². The Labute approximate surface area is 245 Å². The number of fused-ring (bicyclic) bond motifs is 4. The molecule has 42 heavy (non-hydrogen) atoms. The molecule has 0 spiro atoms. The van der Waals surface area contributed by atoms with Crippen LogP contribution in [0.15, 0.2) is 72.8 Å². The molecule has 3 N–H and O–H groups in total. The third-order valence-corrected chi connectivity index (χ3v) is 8.14. The minimum absolute atomic E-state index is 0.0419. The van der Waals surface area contributed by atoms with Gasteiger partial charge in [-0.25, -0.2) is 0 Å². The number of aliphatic hydroxyl groups excluding tert-OH is 1. The van der Waals surface area contributed by atoms with Gasteiger partial charge < -0.3 is 34.7 Å². The Balaban J connectivity index is 1.10. The van der Waals surface area contributed by atoms with Gasteiger partial charge >= 0.3 is 0 Å². The maximum Gasteiger partial charge on any atom is 0.230 e. The fourth-order valence-corrected chi connectivity index (χ4v) is 6.04. The fraction of sp³-hybridized carbons (Fsp3) is 0.394. The quantitative estimate of drug-likeness (QED) is 0.345. The lowest BCUT2D eigenvalue weighted by molar-refractivity contribution is -0.148. The van der Waals surface area contributed by atoms with E-state index in [1.807, 2.05) is 72.8 Å². The van der Waals surface area contributed by atoms with Gasteiger partial charge in [-0.2, -0.15) is 0 Å². The van der Waals surface area contributed by atoms with Crippen molar-refractivity contribution in [2.45, 2.75) is 56.5 Å². The Hall–Kier alpha value is -3.92. The van der Waals surface area contributed by atoms with Crippen molar-refractivity contribution in [3.05, 3.63) is 83.9 Å². The lowest BCUT2D eigenvalue weighted by Gasteiger charge is -2.40. The molecule has 220 valence electrons. The number of para-hydroxylation sites is 1. The number of aliphatic hydroxyl groups is 1. The van der Waals surface area contributed by atoms with Crippen LogP contribution in [-0.2, 0) is 25.6 Å². The Kier molecular flexibility index (Phi) is 8.69. The van der Waals surface area contributed by atoms with E-state index < -0.39 is 18.1 Å². The molecule has 0 unspecified atom stereocenters. The zero-order chi connectivity index (χ0) is 28.9. The predicted octanol–water partition coefficient (Wildman–Crippen LogP) is 4.54. The van der Waals surface area contributed by atoms with Crippen LogP contribution in [0, 0.1) is 5.92 Å². The maximum atomic E-state index is 13.2. The summed E-state index contributed by atoms with van der Waals surface area (Å²) in [5.41, 5.74) is 2.54. The first-order valence-corrected chi connectivity index (χ1v) is 14.6. The molecule has 3 heterocycles. The highest BCUT2D eigenvalue weighted by atomic mass is 16.5. The Morgan fingerprint density at radius 3 is 2.52 bits per heavy atom. The number of ether oxygens (including phenoxy) is 4.